The summed E-state index contributed by atoms with van der Waals surface area (Å²) >= 11 is 0. The summed E-state index contributed by atoms with van der Waals surface area (Å²) in [6.45, 7) is -0.0280. The summed E-state index contributed by atoms with van der Waals surface area (Å²) in [5.74, 6) is -4.33. The van der Waals surface area contributed by atoms with Crippen LogP contribution in [0, 0.1) is 5.82 Å². The van der Waals surface area contributed by atoms with E-state index in [0.717, 1.165) is 12.7 Å². The highest BCUT2D eigenvalue weighted by atomic mass is 32.2. The average molecular weight is 564 g/mol. The van der Waals surface area contributed by atoms with E-state index in [2.05, 4.69) is 9.97 Å². The lowest BCUT2D eigenvalue weighted by atomic mass is 10.0. The molecular weight excluding hydrogens is 542 g/mol. The van der Waals surface area contributed by atoms with Crippen molar-refractivity contribution in [3.05, 3.63) is 95.1 Å². The van der Waals surface area contributed by atoms with Gasteiger partial charge in [0.2, 0.25) is 10.0 Å². The summed E-state index contributed by atoms with van der Waals surface area (Å²) < 4.78 is 89.2. The van der Waals surface area contributed by atoms with Gasteiger partial charge in [-0.05, 0) is 41.3 Å². The van der Waals surface area contributed by atoms with Crippen LogP contribution < -0.4 is 9.46 Å². The normalized spacial score (nSPS) is 11.8. The van der Waals surface area contributed by atoms with Gasteiger partial charge in [0.25, 0.3) is 0 Å². The van der Waals surface area contributed by atoms with Crippen molar-refractivity contribution in [3.63, 3.8) is 0 Å². The topological polar surface area (TPSA) is 107 Å². The Hall–Kier alpha value is -4.26. The Morgan fingerprint density at radius 3 is 2.33 bits per heavy atom. The fraction of sp³-hybridized carbons (Fsp3) is 0.192. The van der Waals surface area contributed by atoms with E-state index in [1.165, 1.54) is 24.4 Å². The van der Waals surface area contributed by atoms with Crippen LogP contribution in [0.2, 0.25) is 0 Å². The number of sulfonamides is 1. The second-order valence-corrected chi connectivity index (χ2v) is 10.1. The van der Waals surface area contributed by atoms with Crippen LogP contribution in [0.3, 0.4) is 0 Å². The van der Waals surface area contributed by atoms with Crippen molar-refractivity contribution in [2.24, 2.45) is 0 Å². The Kier molecular flexibility index (Phi) is 8.00. The molecule has 0 aliphatic rings. The lowest BCUT2D eigenvalue weighted by Gasteiger charge is -2.17. The smallest absolute Gasteiger partial charge is 0.404 e. The Morgan fingerprint density at radius 2 is 1.69 bits per heavy atom. The molecule has 0 bridgehead atoms. The molecule has 39 heavy (non-hydrogen) atoms. The van der Waals surface area contributed by atoms with Crippen LogP contribution in [0.4, 0.5) is 23.4 Å². The minimum atomic E-state index is -5.03. The summed E-state index contributed by atoms with van der Waals surface area (Å²) in [6, 6.07) is 15.9. The van der Waals surface area contributed by atoms with Crippen molar-refractivity contribution in [3.8, 4) is 5.75 Å². The highest BCUT2D eigenvalue weighted by Crippen LogP contribution is 2.34. The summed E-state index contributed by atoms with van der Waals surface area (Å²) in [5.41, 5.74) is 1.41. The third kappa shape index (κ3) is 7.19. The maximum absolute atomic E-state index is 13.3. The maximum Gasteiger partial charge on any atom is 0.404 e. The number of alkyl halides is 3. The van der Waals surface area contributed by atoms with Crippen molar-refractivity contribution >= 4 is 32.7 Å². The van der Waals surface area contributed by atoms with Gasteiger partial charge in [-0.1, -0.05) is 42.5 Å². The fourth-order valence-corrected chi connectivity index (χ4v) is 4.67. The summed E-state index contributed by atoms with van der Waals surface area (Å²) in [4.78, 5) is 20.9. The van der Waals surface area contributed by atoms with E-state index >= 15 is 0 Å². The molecule has 1 N–H and O–H groups in total. The molecule has 8 nitrogen and oxygen atoms in total. The van der Waals surface area contributed by atoms with Crippen molar-refractivity contribution < 1.29 is 40.2 Å². The highest BCUT2D eigenvalue weighted by molar-refractivity contribution is 7.92. The molecule has 204 valence electrons. The number of ether oxygens (including phenoxy) is 2. The molecule has 0 saturated heterocycles. The zero-order chi connectivity index (χ0) is 28.2. The molecule has 0 aliphatic carbocycles. The van der Waals surface area contributed by atoms with Crippen LogP contribution in [0.1, 0.15) is 27.2 Å². The lowest BCUT2D eigenvalue weighted by molar-refractivity contribution is -0.106. The number of aromatic nitrogens is 2. The molecule has 2 aromatic carbocycles. The summed E-state index contributed by atoms with van der Waals surface area (Å²) in [7, 11) is -3.92. The third-order valence-electron chi connectivity index (χ3n) is 5.39. The Morgan fingerprint density at radius 1 is 1.00 bits per heavy atom. The first-order valence-corrected chi connectivity index (χ1v) is 13.0. The van der Waals surface area contributed by atoms with Crippen molar-refractivity contribution in [2.45, 2.75) is 19.2 Å². The predicted molar refractivity (Wildman–Crippen MR) is 134 cm³/mol. The lowest BCUT2D eigenvalue weighted by Crippen LogP contribution is -2.28. The number of anilines is 1. The highest BCUT2D eigenvalue weighted by Gasteiger charge is 2.36. The largest absolute Gasteiger partial charge is 0.484 e. The molecule has 0 spiro atoms. The first-order valence-electron chi connectivity index (χ1n) is 11.3. The molecule has 4 rings (SSSR count). The van der Waals surface area contributed by atoms with Crippen LogP contribution in [0.15, 0.2) is 66.9 Å². The SMILES string of the molecule is COC(=O)c1nc(NS(=O)(=O)CC(F)(F)F)c2cc(Cc3ccc(F)cc3)cnc2c1OCc1ccccc1. The fourth-order valence-electron chi connectivity index (χ4n) is 3.72. The van der Waals surface area contributed by atoms with Crippen molar-refractivity contribution in [1.82, 2.24) is 9.97 Å². The minimum absolute atomic E-state index is 0.0175. The van der Waals surface area contributed by atoms with E-state index < -0.39 is 45.3 Å². The molecule has 0 amide bonds. The van der Waals surface area contributed by atoms with Crippen LogP contribution in [-0.2, 0) is 27.8 Å². The molecule has 0 radical (unpaired) electrons. The number of hydrogen-bond donors (Lipinski definition) is 1. The third-order valence-corrected chi connectivity index (χ3v) is 6.60. The van der Waals surface area contributed by atoms with Crippen LogP contribution in [0.25, 0.3) is 10.9 Å². The zero-order valence-electron chi connectivity index (χ0n) is 20.3. The number of rotatable bonds is 9. The number of carbonyl (C=O) groups excluding carboxylic acids is 1. The number of nitrogens with one attached hydrogen (secondary N) is 1. The number of benzene rings is 2. The molecule has 0 fully saturated rings. The maximum atomic E-state index is 13.3. The second-order valence-electron chi connectivity index (χ2n) is 8.42. The van der Waals surface area contributed by atoms with E-state index in [0.29, 0.717) is 11.1 Å². The molecule has 0 unspecified atom stereocenters. The molecule has 0 aliphatic heterocycles. The van der Waals surface area contributed by atoms with Gasteiger partial charge in [0, 0.05) is 11.6 Å². The van der Waals surface area contributed by atoms with E-state index in [-0.39, 0.29) is 29.7 Å². The minimum Gasteiger partial charge on any atom is -0.484 e. The number of hydrogen-bond acceptors (Lipinski definition) is 7. The van der Waals surface area contributed by atoms with Gasteiger partial charge in [-0.25, -0.2) is 22.6 Å². The van der Waals surface area contributed by atoms with Crippen LogP contribution in [0.5, 0.6) is 5.75 Å². The number of halogens is 4. The van der Waals surface area contributed by atoms with Crippen molar-refractivity contribution in [2.75, 3.05) is 17.6 Å². The Balaban J connectivity index is 1.86. The zero-order valence-corrected chi connectivity index (χ0v) is 21.1. The Labute approximate surface area is 220 Å². The number of esters is 1. The van der Waals surface area contributed by atoms with Crippen LogP contribution in [-0.4, -0.2) is 43.4 Å². The van der Waals surface area contributed by atoms with Gasteiger partial charge >= 0.3 is 12.1 Å². The van der Waals surface area contributed by atoms with E-state index in [1.54, 1.807) is 42.5 Å². The summed E-state index contributed by atoms with van der Waals surface area (Å²) in [6.07, 6.45) is -3.37. The molecule has 2 heterocycles. The number of fused-ring (bicyclic) bond motifs is 1. The van der Waals surface area contributed by atoms with Crippen molar-refractivity contribution in [1.29, 1.82) is 0 Å². The van der Waals surface area contributed by atoms with E-state index in [1.807, 2.05) is 4.72 Å². The average Bonchev–Trinajstić information content (AvgIpc) is 2.88. The van der Waals surface area contributed by atoms with Gasteiger partial charge in [-0.3, -0.25) is 9.71 Å². The molecule has 2 aromatic heterocycles. The molecule has 13 heteroatoms. The standard InChI is InChI=1S/C26H21F4N3O5S/c1-37-25(34)22-23(38-14-17-5-3-2-4-6-17)21-20(24(32-22)33-39(35,36)15-26(28,29)30)12-18(13-31-21)11-16-7-9-19(27)10-8-16/h2-10,12-13H,11,14-15H2,1H3,(H,32,33). The van der Waals surface area contributed by atoms with Gasteiger partial charge in [0.1, 0.15) is 23.8 Å². The predicted octanol–water partition coefficient (Wildman–Crippen LogP) is 5.03. The van der Waals surface area contributed by atoms with E-state index in [9.17, 15) is 30.8 Å². The quantitative estimate of drug-likeness (QED) is 0.225. The monoisotopic (exact) mass is 563 g/mol. The van der Waals surface area contributed by atoms with Gasteiger partial charge in [0.05, 0.1) is 7.11 Å². The first kappa shape index (κ1) is 27.8. The molecule has 0 saturated carbocycles. The van der Waals surface area contributed by atoms with Crippen LogP contribution >= 0.6 is 0 Å². The molecule has 4 aromatic rings. The number of carbonyl (C=O) groups is 1. The Bertz CT molecular complexity index is 1600. The summed E-state index contributed by atoms with van der Waals surface area (Å²) in [5, 5.41) is -0.0175. The second kappa shape index (κ2) is 11.2. The number of pyridine rings is 2. The van der Waals surface area contributed by atoms with Gasteiger partial charge in [-0.15, -0.1) is 0 Å². The van der Waals surface area contributed by atoms with E-state index in [4.69, 9.17) is 9.47 Å². The number of nitrogens with zero attached hydrogens (tertiary/aromatic N) is 2. The molecule has 0 atom stereocenters. The first-order chi connectivity index (χ1) is 18.4. The number of methoxy groups -OCH3 is 1. The van der Waals surface area contributed by atoms with Gasteiger partial charge in [0.15, 0.2) is 17.2 Å². The molecular formula is C26H21F4N3O5S. The van der Waals surface area contributed by atoms with Gasteiger partial charge in [-0.2, -0.15) is 13.2 Å². The van der Waals surface area contributed by atoms with Gasteiger partial charge < -0.3 is 9.47 Å².